The molecule has 0 heteroatoms. The molecule has 1 aromatic rings. The van der Waals surface area contributed by atoms with Crippen molar-refractivity contribution in [1.82, 2.24) is 0 Å². The maximum Gasteiger partial charge on any atom is -0.0136 e. The fourth-order valence-corrected chi connectivity index (χ4v) is 3.25. The lowest BCUT2D eigenvalue weighted by atomic mass is 9.80. The summed E-state index contributed by atoms with van der Waals surface area (Å²) in [7, 11) is 0. The minimum atomic E-state index is 0.805. The average Bonchev–Trinajstić information content (AvgIpc) is 2.61. The van der Waals surface area contributed by atoms with Crippen molar-refractivity contribution in [3.05, 3.63) is 35.9 Å². The summed E-state index contributed by atoms with van der Waals surface area (Å²) in [6, 6.07) is 11.1. The van der Waals surface area contributed by atoms with Gasteiger partial charge in [0.05, 0.1) is 0 Å². The van der Waals surface area contributed by atoms with Gasteiger partial charge in [0.15, 0.2) is 0 Å². The van der Waals surface area contributed by atoms with Crippen molar-refractivity contribution in [3.8, 4) is 0 Å². The molecule has 1 aliphatic carbocycles. The van der Waals surface area contributed by atoms with Crippen molar-refractivity contribution in [3.63, 3.8) is 0 Å². The monoisotopic (exact) mass is 216 g/mol. The van der Waals surface area contributed by atoms with Crippen LogP contribution in [0.4, 0.5) is 0 Å². The Labute approximate surface area is 100 Å². The van der Waals surface area contributed by atoms with Crippen LogP contribution in [-0.2, 0) is 0 Å². The SMILES string of the molecule is CC[C@H](c1ccccc1)C1CCCCCC1. The van der Waals surface area contributed by atoms with Crippen LogP contribution in [0, 0.1) is 5.92 Å². The molecule has 1 aromatic carbocycles. The van der Waals surface area contributed by atoms with E-state index in [1.54, 1.807) is 5.56 Å². The van der Waals surface area contributed by atoms with Gasteiger partial charge in [-0.05, 0) is 36.7 Å². The minimum Gasteiger partial charge on any atom is -0.0648 e. The van der Waals surface area contributed by atoms with E-state index in [2.05, 4.69) is 37.3 Å². The molecule has 1 saturated carbocycles. The molecule has 0 nitrogen and oxygen atoms in total. The molecule has 0 heterocycles. The van der Waals surface area contributed by atoms with Crippen LogP contribution < -0.4 is 0 Å². The summed E-state index contributed by atoms with van der Waals surface area (Å²) in [4.78, 5) is 0. The van der Waals surface area contributed by atoms with Gasteiger partial charge in [-0.2, -0.15) is 0 Å². The highest BCUT2D eigenvalue weighted by Gasteiger charge is 2.22. The molecule has 0 saturated heterocycles. The molecule has 88 valence electrons. The Hall–Kier alpha value is -0.780. The van der Waals surface area contributed by atoms with E-state index in [0.29, 0.717) is 0 Å². The highest BCUT2D eigenvalue weighted by Crippen LogP contribution is 2.36. The topological polar surface area (TPSA) is 0 Å². The Morgan fingerprint density at radius 2 is 1.62 bits per heavy atom. The molecule has 0 N–H and O–H groups in total. The lowest BCUT2D eigenvalue weighted by molar-refractivity contribution is 0.367. The molecule has 0 aliphatic heterocycles. The van der Waals surface area contributed by atoms with Gasteiger partial charge in [-0.15, -0.1) is 0 Å². The summed E-state index contributed by atoms with van der Waals surface area (Å²) >= 11 is 0. The second-order valence-electron chi connectivity index (χ2n) is 5.18. The first-order chi connectivity index (χ1) is 7.92. The van der Waals surface area contributed by atoms with Gasteiger partial charge in [0, 0.05) is 0 Å². The second-order valence-corrected chi connectivity index (χ2v) is 5.18. The Morgan fingerprint density at radius 3 is 2.19 bits per heavy atom. The second kappa shape index (κ2) is 6.08. The molecule has 0 amide bonds. The molecule has 0 spiro atoms. The summed E-state index contributed by atoms with van der Waals surface area (Å²) in [6.45, 7) is 2.35. The largest absolute Gasteiger partial charge is 0.0648 e. The standard InChI is InChI=1S/C16H24/c1-2-16(15-12-8-5-9-13-15)14-10-6-3-4-7-11-14/h5,8-9,12-14,16H,2-4,6-7,10-11H2,1H3/t16-/m0/s1. The molecule has 0 unspecified atom stereocenters. The van der Waals surface area contributed by atoms with Gasteiger partial charge in [0.2, 0.25) is 0 Å². The number of benzene rings is 1. The van der Waals surface area contributed by atoms with Crippen LogP contribution >= 0.6 is 0 Å². The van der Waals surface area contributed by atoms with Gasteiger partial charge in [-0.1, -0.05) is 62.9 Å². The molecule has 1 fully saturated rings. The van der Waals surface area contributed by atoms with Gasteiger partial charge in [0.25, 0.3) is 0 Å². The van der Waals surface area contributed by atoms with Crippen molar-refractivity contribution in [2.45, 2.75) is 57.8 Å². The molecular formula is C16H24. The molecule has 1 atom stereocenters. The molecule has 2 rings (SSSR count). The molecule has 16 heavy (non-hydrogen) atoms. The first-order valence-electron chi connectivity index (χ1n) is 6.96. The van der Waals surface area contributed by atoms with Crippen molar-refractivity contribution in [2.75, 3.05) is 0 Å². The first-order valence-corrected chi connectivity index (χ1v) is 6.96. The predicted molar refractivity (Wildman–Crippen MR) is 70.7 cm³/mol. The fourth-order valence-electron chi connectivity index (χ4n) is 3.25. The Morgan fingerprint density at radius 1 is 1.00 bits per heavy atom. The summed E-state index contributed by atoms with van der Waals surface area (Å²) in [5.74, 6) is 1.74. The van der Waals surface area contributed by atoms with Crippen LogP contribution in [0.5, 0.6) is 0 Å². The van der Waals surface area contributed by atoms with E-state index in [0.717, 1.165) is 11.8 Å². The average molecular weight is 216 g/mol. The van der Waals surface area contributed by atoms with Crippen LogP contribution in [0.3, 0.4) is 0 Å². The van der Waals surface area contributed by atoms with Crippen molar-refractivity contribution < 1.29 is 0 Å². The normalized spacial score (nSPS) is 20.3. The molecular weight excluding hydrogens is 192 g/mol. The highest BCUT2D eigenvalue weighted by atomic mass is 14.3. The predicted octanol–water partition coefficient (Wildman–Crippen LogP) is 5.15. The van der Waals surface area contributed by atoms with E-state index in [4.69, 9.17) is 0 Å². The maximum atomic E-state index is 2.35. The third-order valence-electron chi connectivity index (χ3n) is 4.14. The zero-order chi connectivity index (χ0) is 11.2. The Balaban J connectivity index is 2.09. The van der Waals surface area contributed by atoms with Crippen LogP contribution in [-0.4, -0.2) is 0 Å². The van der Waals surface area contributed by atoms with E-state index in [1.165, 1.54) is 44.9 Å². The van der Waals surface area contributed by atoms with Gasteiger partial charge in [0.1, 0.15) is 0 Å². The molecule has 0 radical (unpaired) electrons. The maximum absolute atomic E-state index is 2.35. The number of hydrogen-bond donors (Lipinski definition) is 0. The number of rotatable bonds is 3. The third kappa shape index (κ3) is 2.87. The molecule has 1 aliphatic rings. The summed E-state index contributed by atoms with van der Waals surface area (Å²) in [5.41, 5.74) is 1.57. The van der Waals surface area contributed by atoms with Gasteiger partial charge < -0.3 is 0 Å². The Kier molecular flexibility index (Phi) is 4.44. The van der Waals surface area contributed by atoms with E-state index >= 15 is 0 Å². The van der Waals surface area contributed by atoms with Crippen LogP contribution in [0.25, 0.3) is 0 Å². The van der Waals surface area contributed by atoms with Crippen LogP contribution in [0.15, 0.2) is 30.3 Å². The lowest BCUT2D eigenvalue weighted by Gasteiger charge is -2.25. The van der Waals surface area contributed by atoms with Crippen molar-refractivity contribution in [2.24, 2.45) is 5.92 Å². The fraction of sp³-hybridized carbons (Fsp3) is 0.625. The Bertz CT molecular complexity index is 280. The molecule has 0 aromatic heterocycles. The van der Waals surface area contributed by atoms with Gasteiger partial charge >= 0.3 is 0 Å². The highest BCUT2D eigenvalue weighted by molar-refractivity contribution is 5.20. The van der Waals surface area contributed by atoms with E-state index < -0.39 is 0 Å². The van der Waals surface area contributed by atoms with Crippen molar-refractivity contribution in [1.29, 1.82) is 0 Å². The summed E-state index contributed by atoms with van der Waals surface area (Å²) < 4.78 is 0. The van der Waals surface area contributed by atoms with Crippen LogP contribution in [0.1, 0.15) is 63.4 Å². The van der Waals surface area contributed by atoms with E-state index in [1.807, 2.05) is 0 Å². The lowest BCUT2D eigenvalue weighted by Crippen LogP contribution is -2.11. The van der Waals surface area contributed by atoms with E-state index in [9.17, 15) is 0 Å². The minimum absolute atomic E-state index is 0.805. The number of hydrogen-bond acceptors (Lipinski definition) is 0. The third-order valence-corrected chi connectivity index (χ3v) is 4.14. The van der Waals surface area contributed by atoms with Crippen molar-refractivity contribution >= 4 is 0 Å². The van der Waals surface area contributed by atoms with Gasteiger partial charge in [-0.25, -0.2) is 0 Å². The van der Waals surface area contributed by atoms with E-state index in [-0.39, 0.29) is 0 Å². The summed E-state index contributed by atoms with van der Waals surface area (Å²) in [5, 5.41) is 0. The zero-order valence-corrected chi connectivity index (χ0v) is 10.5. The quantitative estimate of drug-likeness (QED) is 0.613. The molecule has 0 bridgehead atoms. The smallest absolute Gasteiger partial charge is 0.0136 e. The summed E-state index contributed by atoms with van der Waals surface area (Å²) in [6.07, 6.45) is 10.0. The zero-order valence-electron chi connectivity index (χ0n) is 10.5. The van der Waals surface area contributed by atoms with Gasteiger partial charge in [-0.3, -0.25) is 0 Å². The first kappa shape index (κ1) is 11.7. The van der Waals surface area contributed by atoms with Crippen LogP contribution in [0.2, 0.25) is 0 Å².